The summed E-state index contributed by atoms with van der Waals surface area (Å²) in [6.45, 7) is 0. The van der Waals surface area contributed by atoms with Crippen molar-refractivity contribution in [3.05, 3.63) is 121 Å². The highest BCUT2D eigenvalue weighted by Crippen LogP contribution is 2.41. The molecule has 0 amide bonds. The van der Waals surface area contributed by atoms with E-state index in [0.29, 0.717) is 0 Å². The van der Waals surface area contributed by atoms with E-state index in [9.17, 15) is 0 Å². The van der Waals surface area contributed by atoms with Gasteiger partial charge >= 0.3 is 0 Å². The molecule has 1 aromatic heterocycles. The Labute approximate surface area is 201 Å². The summed E-state index contributed by atoms with van der Waals surface area (Å²) in [6, 6.07) is 43.8. The van der Waals surface area contributed by atoms with E-state index in [4.69, 9.17) is 4.42 Å². The Bertz CT molecular complexity index is 2110. The van der Waals surface area contributed by atoms with Gasteiger partial charge < -0.3 is 4.42 Å². The molecule has 0 aliphatic rings. The Kier molecular flexibility index (Phi) is 3.72. The molecule has 35 heavy (non-hydrogen) atoms. The minimum absolute atomic E-state index is 0.925. The molecular weight excluding hydrogens is 424 g/mol. The predicted octanol–water partition coefficient (Wildman–Crippen LogP) is 9.87. The summed E-state index contributed by atoms with van der Waals surface area (Å²) in [5.41, 5.74) is 4.35. The van der Waals surface area contributed by atoms with Crippen LogP contribution in [0.2, 0.25) is 0 Å². The van der Waals surface area contributed by atoms with Gasteiger partial charge in [-0.2, -0.15) is 0 Å². The molecule has 162 valence electrons. The number of hydrogen-bond acceptors (Lipinski definition) is 1. The monoisotopic (exact) mass is 444 g/mol. The second-order valence-corrected chi connectivity index (χ2v) is 9.36. The first-order valence-electron chi connectivity index (χ1n) is 12.0. The molecule has 0 saturated heterocycles. The zero-order valence-corrected chi connectivity index (χ0v) is 19.0. The van der Waals surface area contributed by atoms with Gasteiger partial charge in [-0.3, -0.25) is 0 Å². The third-order valence-corrected chi connectivity index (χ3v) is 7.40. The summed E-state index contributed by atoms with van der Waals surface area (Å²) in [5.74, 6) is 0. The van der Waals surface area contributed by atoms with Crippen molar-refractivity contribution in [2.24, 2.45) is 0 Å². The van der Waals surface area contributed by atoms with E-state index in [2.05, 4.69) is 121 Å². The van der Waals surface area contributed by atoms with Gasteiger partial charge in [0.15, 0.2) is 0 Å². The minimum atomic E-state index is 0.925. The smallest absolute Gasteiger partial charge is 0.136 e. The molecule has 0 atom stereocenters. The highest BCUT2D eigenvalue weighted by molar-refractivity contribution is 6.21. The Morgan fingerprint density at radius 1 is 0.343 bits per heavy atom. The Hall–Kier alpha value is -4.62. The third-order valence-electron chi connectivity index (χ3n) is 7.40. The van der Waals surface area contributed by atoms with Gasteiger partial charge in [0.25, 0.3) is 0 Å². The van der Waals surface area contributed by atoms with Crippen LogP contribution in [-0.4, -0.2) is 0 Å². The van der Waals surface area contributed by atoms with Gasteiger partial charge in [0.05, 0.1) is 0 Å². The molecule has 0 N–H and O–H groups in total. The largest absolute Gasteiger partial charge is 0.456 e. The summed E-state index contributed by atoms with van der Waals surface area (Å²) < 4.78 is 6.28. The second-order valence-electron chi connectivity index (χ2n) is 9.36. The van der Waals surface area contributed by atoms with Crippen molar-refractivity contribution in [1.29, 1.82) is 0 Å². The normalized spacial score (nSPS) is 12.0. The average molecular weight is 445 g/mol. The fourth-order valence-corrected chi connectivity index (χ4v) is 5.75. The average Bonchev–Trinajstić information content (AvgIpc) is 3.27. The van der Waals surface area contributed by atoms with Crippen molar-refractivity contribution < 1.29 is 4.42 Å². The summed E-state index contributed by atoms with van der Waals surface area (Å²) >= 11 is 0. The molecule has 0 aliphatic heterocycles. The molecule has 8 aromatic rings. The first kappa shape index (κ1) is 18.8. The van der Waals surface area contributed by atoms with Crippen LogP contribution in [0.4, 0.5) is 0 Å². The van der Waals surface area contributed by atoms with Gasteiger partial charge in [-0.25, -0.2) is 0 Å². The molecule has 7 aromatic carbocycles. The maximum Gasteiger partial charge on any atom is 0.136 e. The van der Waals surface area contributed by atoms with Gasteiger partial charge in [-0.15, -0.1) is 0 Å². The number of hydrogen-bond donors (Lipinski definition) is 0. The van der Waals surface area contributed by atoms with Crippen LogP contribution in [0.25, 0.3) is 76.2 Å². The SMILES string of the molecule is c1ccc2cc3c(cc2c1)oc1ccc(-c2c4ccccc4cc4c2ccc2ccccc24)cc13. The van der Waals surface area contributed by atoms with Crippen molar-refractivity contribution in [3.8, 4) is 11.1 Å². The third kappa shape index (κ3) is 2.70. The van der Waals surface area contributed by atoms with Crippen molar-refractivity contribution in [2.45, 2.75) is 0 Å². The number of fused-ring (bicyclic) bond motifs is 8. The van der Waals surface area contributed by atoms with Crippen molar-refractivity contribution in [2.75, 3.05) is 0 Å². The molecule has 0 fully saturated rings. The van der Waals surface area contributed by atoms with Gasteiger partial charge in [-0.05, 0) is 84.5 Å². The topological polar surface area (TPSA) is 13.1 Å². The number of benzene rings is 7. The minimum Gasteiger partial charge on any atom is -0.456 e. The molecule has 0 aliphatic carbocycles. The van der Waals surface area contributed by atoms with Crippen LogP contribution in [0, 0.1) is 0 Å². The lowest BCUT2D eigenvalue weighted by Gasteiger charge is -2.14. The predicted molar refractivity (Wildman–Crippen MR) is 149 cm³/mol. The highest BCUT2D eigenvalue weighted by atomic mass is 16.3. The van der Waals surface area contributed by atoms with Crippen molar-refractivity contribution >= 4 is 65.0 Å². The van der Waals surface area contributed by atoms with E-state index in [1.54, 1.807) is 0 Å². The molecule has 0 unspecified atom stereocenters. The Balaban J connectivity index is 1.50. The maximum absolute atomic E-state index is 6.28. The lowest BCUT2D eigenvalue weighted by molar-refractivity contribution is 0.669. The van der Waals surface area contributed by atoms with Crippen LogP contribution >= 0.6 is 0 Å². The summed E-state index contributed by atoms with van der Waals surface area (Å²) in [5, 5.41) is 12.4. The van der Waals surface area contributed by atoms with E-state index in [0.717, 1.165) is 21.9 Å². The molecule has 1 nitrogen and oxygen atoms in total. The van der Waals surface area contributed by atoms with Crippen LogP contribution in [-0.2, 0) is 0 Å². The highest BCUT2D eigenvalue weighted by Gasteiger charge is 2.15. The Morgan fingerprint density at radius 2 is 1.00 bits per heavy atom. The standard InChI is InChI=1S/C34H20O/c1-2-9-23-20-33-31(17-22(23)8-1)30-19-25(14-16-32(30)35-33)34-27-12-6-4-10-24(27)18-29-26-11-5-3-7-21(26)13-15-28(29)34/h1-20H. The van der Waals surface area contributed by atoms with Crippen molar-refractivity contribution in [3.63, 3.8) is 0 Å². The Morgan fingerprint density at radius 3 is 1.86 bits per heavy atom. The van der Waals surface area contributed by atoms with Crippen LogP contribution in [0.5, 0.6) is 0 Å². The fourth-order valence-electron chi connectivity index (χ4n) is 5.75. The molecule has 0 saturated carbocycles. The van der Waals surface area contributed by atoms with Crippen LogP contribution in [0.15, 0.2) is 126 Å². The lowest BCUT2D eigenvalue weighted by Crippen LogP contribution is -1.87. The zero-order chi connectivity index (χ0) is 22.9. The molecular formula is C34H20O. The van der Waals surface area contributed by atoms with Gasteiger partial charge in [0.1, 0.15) is 11.2 Å². The summed E-state index contributed by atoms with van der Waals surface area (Å²) in [4.78, 5) is 0. The van der Waals surface area contributed by atoms with E-state index in [1.165, 1.54) is 54.2 Å². The van der Waals surface area contributed by atoms with E-state index < -0.39 is 0 Å². The van der Waals surface area contributed by atoms with Gasteiger partial charge in [-0.1, -0.05) is 91.0 Å². The second kappa shape index (κ2) is 6.94. The van der Waals surface area contributed by atoms with E-state index in [1.807, 2.05) is 0 Å². The van der Waals surface area contributed by atoms with Crippen LogP contribution < -0.4 is 0 Å². The fraction of sp³-hybridized carbons (Fsp3) is 0. The first-order chi connectivity index (χ1) is 17.3. The zero-order valence-electron chi connectivity index (χ0n) is 19.0. The lowest BCUT2D eigenvalue weighted by atomic mass is 9.89. The first-order valence-corrected chi connectivity index (χ1v) is 12.0. The summed E-state index contributed by atoms with van der Waals surface area (Å²) in [6.07, 6.45) is 0. The van der Waals surface area contributed by atoms with Crippen molar-refractivity contribution in [1.82, 2.24) is 0 Å². The van der Waals surface area contributed by atoms with Crippen LogP contribution in [0.1, 0.15) is 0 Å². The molecule has 0 radical (unpaired) electrons. The quantitative estimate of drug-likeness (QED) is 0.181. The van der Waals surface area contributed by atoms with Gasteiger partial charge in [0, 0.05) is 10.8 Å². The molecule has 0 spiro atoms. The van der Waals surface area contributed by atoms with E-state index in [-0.39, 0.29) is 0 Å². The summed E-state index contributed by atoms with van der Waals surface area (Å²) in [7, 11) is 0. The molecule has 0 bridgehead atoms. The number of rotatable bonds is 1. The van der Waals surface area contributed by atoms with E-state index >= 15 is 0 Å². The van der Waals surface area contributed by atoms with Gasteiger partial charge in [0.2, 0.25) is 0 Å². The number of furan rings is 1. The molecule has 1 heterocycles. The maximum atomic E-state index is 6.28. The molecule has 8 rings (SSSR count). The van der Waals surface area contributed by atoms with Crippen LogP contribution in [0.3, 0.4) is 0 Å². The molecule has 1 heteroatoms.